The Morgan fingerprint density at radius 3 is 1.62 bits per heavy atom. The van der Waals surface area contributed by atoms with Crippen LogP contribution in [0, 0.1) is 0 Å². The lowest BCUT2D eigenvalue weighted by Crippen LogP contribution is -2.25. The number of rotatable bonds is 3. The van der Waals surface area contributed by atoms with E-state index < -0.39 is 11.7 Å². The Kier molecular flexibility index (Phi) is 4.46. The van der Waals surface area contributed by atoms with Gasteiger partial charge in [-0.1, -0.05) is 50.9 Å². The minimum atomic E-state index is -4.27. The summed E-state index contributed by atoms with van der Waals surface area (Å²) in [5.74, 6) is 0. The molecule has 1 rings (SSSR count). The second-order valence-corrected chi connectivity index (χ2v) is 5.02. The van der Waals surface area contributed by atoms with Gasteiger partial charge >= 0.3 is 6.18 Å². The Balaban J connectivity index is 3.04. The third-order valence-corrected chi connectivity index (χ3v) is 4.97. The first-order valence-corrected chi connectivity index (χ1v) is 6.87. The van der Waals surface area contributed by atoms with E-state index in [4.69, 9.17) is 0 Å². The fourth-order valence-electron chi connectivity index (χ4n) is 1.25. The van der Waals surface area contributed by atoms with Gasteiger partial charge in [0.25, 0.3) is 0 Å². The van der Waals surface area contributed by atoms with Gasteiger partial charge in [-0.15, -0.1) is 0 Å². The second kappa shape index (κ2) is 5.08. The lowest BCUT2D eigenvalue weighted by Gasteiger charge is -2.25. The largest absolute Gasteiger partial charge is 0.416 e. The van der Waals surface area contributed by atoms with Crippen molar-refractivity contribution in [1.29, 1.82) is 0 Å². The van der Waals surface area contributed by atoms with Crippen molar-refractivity contribution in [1.82, 2.24) is 0 Å². The molecule has 0 aliphatic carbocycles. The standard InChI is InChI=1S/C11H11Br2F3/c1-10(6-12,7-13)8-2-4-9(5-3-8)11(14,15)16/h2-5H,6-7H2,1H3. The highest BCUT2D eigenvalue weighted by Crippen LogP contribution is 2.33. The van der Waals surface area contributed by atoms with Crippen LogP contribution in [-0.4, -0.2) is 10.7 Å². The maximum absolute atomic E-state index is 12.4. The number of halogens is 5. The van der Waals surface area contributed by atoms with Gasteiger partial charge in [-0.25, -0.2) is 0 Å². The van der Waals surface area contributed by atoms with Crippen molar-refractivity contribution in [3.63, 3.8) is 0 Å². The van der Waals surface area contributed by atoms with Crippen LogP contribution in [0.3, 0.4) is 0 Å². The number of hydrogen-bond donors (Lipinski definition) is 0. The minimum absolute atomic E-state index is 0.190. The van der Waals surface area contributed by atoms with Crippen LogP contribution in [0.1, 0.15) is 18.1 Å². The number of benzene rings is 1. The van der Waals surface area contributed by atoms with Gasteiger partial charge in [0.2, 0.25) is 0 Å². The molecule has 0 fully saturated rings. The fraction of sp³-hybridized carbons (Fsp3) is 0.455. The molecule has 0 saturated heterocycles. The normalized spacial score (nSPS) is 12.9. The van der Waals surface area contributed by atoms with Crippen LogP contribution in [0.25, 0.3) is 0 Å². The van der Waals surface area contributed by atoms with Gasteiger partial charge in [0.1, 0.15) is 0 Å². The monoisotopic (exact) mass is 358 g/mol. The van der Waals surface area contributed by atoms with Gasteiger partial charge in [-0.05, 0) is 17.7 Å². The second-order valence-electron chi connectivity index (χ2n) is 3.90. The maximum Gasteiger partial charge on any atom is 0.416 e. The third kappa shape index (κ3) is 3.00. The molecule has 0 aliphatic rings. The fourth-order valence-corrected chi connectivity index (χ4v) is 2.83. The SMILES string of the molecule is CC(CBr)(CBr)c1ccc(C(F)(F)F)cc1. The Hall–Kier alpha value is -0.0300. The van der Waals surface area contributed by atoms with E-state index in [-0.39, 0.29) is 5.41 Å². The smallest absolute Gasteiger partial charge is 0.166 e. The molecule has 0 radical (unpaired) electrons. The highest BCUT2D eigenvalue weighted by molar-refractivity contribution is 9.09. The molecule has 0 atom stereocenters. The summed E-state index contributed by atoms with van der Waals surface area (Å²) < 4.78 is 37.1. The summed E-state index contributed by atoms with van der Waals surface area (Å²) in [5.41, 5.74) is 0.0846. The van der Waals surface area contributed by atoms with Crippen LogP contribution in [0.15, 0.2) is 24.3 Å². The molecule has 0 unspecified atom stereocenters. The summed E-state index contributed by atoms with van der Waals surface area (Å²) in [6.45, 7) is 1.99. The Bertz CT molecular complexity index is 339. The Labute approximate surface area is 109 Å². The zero-order valence-electron chi connectivity index (χ0n) is 8.61. The molecule has 1 aromatic carbocycles. The lowest BCUT2D eigenvalue weighted by molar-refractivity contribution is -0.137. The van der Waals surface area contributed by atoms with Crippen LogP contribution in [0.5, 0.6) is 0 Å². The van der Waals surface area contributed by atoms with Crippen LogP contribution < -0.4 is 0 Å². The van der Waals surface area contributed by atoms with Gasteiger partial charge in [0.15, 0.2) is 0 Å². The van der Waals surface area contributed by atoms with Crippen molar-refractivity contribution < 1.29 is 13.2 Å². The molecule has 0 nitrogen and oxygen atoms in total. The predicted molar refractivity (Wildman–Crippen MR) is 66.4 cm³/mol. The molecule has 0 bridgehead atoms. The zero-order valence-corrected chi connectivity index (χ0v) is 11.8. The minimum Gasteiger partial charge on any atom is -0.166 e. The van der Waals surface area contributed by atoms with E-state index in [1.807, 2.05) is 6.92 Å². The van der Waals surface area contributed by atoms with Gasteiger partial charge in [0.05, 0.1) is 5.56 Å². The molecule has 1 aromatic rings. The predicted octanol–water partition coefficient (Wildman–Crippen LogP) is 4.75. The van der Waals surface area contributed by atoms with Crippen LogP contribution >= 0.6 is 31.9 Å². The van der Waals surface area contributed by atoms with Crippen LogP contribution in [-0.2, 0) is 11.6 Å². The molecule has 5 heteroatoms. The topological polar surface area (TPSA) is 0 Å². The highest BCUT2D eigenvalue weighted by atomic mass is 79.9. The van der Waals surface area contributed by atoms with E-state index in [2.05, 4.69) is 31.9 Å². The first kappa shape index (κ1) is 14.0. The van der Waals surface area contributed by atoms with Crippen molar-refractivity contribution >= 4 is 31.9 Å². The van der Waals surface area contributed by atoms with Gasteiger partial charge < -0.3 is 0 Å². The van der Waals surface area contributed by atoms with Crippen LogP contribution in [0.2, 0.25) is 0 Å². The van der Waals surface area contributed by atoms with E-state index in [0.29, 0.717) is 10.7 Å². The molecular formula is C11H11Br2F3. The van der Waals surface area contributed by atoms with Gasteiger partial charge in [-0.2, -0.15) is 13.2 Å². The number of hydrogen-bond acceptors (Lipinski definition) is 0. The summed E-state index contributed by atoms with van der Waals surface area (Å²) in [7, 11) is 0. The van der Waals surface area contributed by atoms with Crippen molar-refractivity contribution in [3.8, 4) is 0 Å². The van der Waals surface area contributed by atoms with Crippen molar-refractivity contribution in [2.24, 2.45) is 0 Å². The summed E-state index contributed by atoms with van der Waals surface area (Å²) in [5, 5.41) is 1.38. The highest BCUT2D eigenvalue weighted by Gasteiger charge is 2.31. The number of alkyl halides is 5. The molecular weight excluding hydrogens is 349 g/mol. The molecule has 0 aliphatic heterocycles. The first-order valence-electron chi connectivity index (χ1n) is 4.63. The first-order chi connectivity index (χ1) is 7.33. The van der Waals surface area contributed by atoms with Crippen molar-refractivity contribution in [2.45, 2.75) is 18.5 Å². The van der Waals surface area contributed by atoms with Gasteiger partial charge in [0, 0.05) is 16.1 Å². The molecule has 0 saturated carbocycles. The molecule has 0 heterocycles. The summed E-state index contributed by atoms with van der Waals surface area (Å²) >= 11 is 6.75. The van der Waals surface area contributed by atoms with Crippen molar-refractivity contribution in [2.75, 3.05) is 10.7 Å². The Morgan fingerprint density at radius 1 is 0.938 bits per heavy atom. The molecule has 0 amide bonds. The molecule has 16 heavy (non-hydrogen) atoms. The molecule has 0 N–H and O–H groups in total. The van der Waals surface area contributed by atoms with Gasteiger partial charge in [-0.3, -0.25) is 0 Å². The molecule has 0 spiro atoms. The summed E-state index contributed by atoms with van der Waals surface area (Å²) in [6.07, 6.45) is -4.27. The third-order valence-electron chi connectivity index (χ3n) is 2.50. The lowest BCUT2D eigenvalue weighted by atomic mass is 9.86. The van der Waals surface area contributed by atoms with Crippen molar-refractivity contribution in [3.05, 3.63) is 35.4 Å². The average Bonchev–Trinajstić information content (AvgIpc) is 2.27. The van der Waals surface area contributed by atoms with Crippen LogP contribution in [0.4, 0.5) is 13.2 Å². The van der Waals surface area contributed by atoms with E-state index in [1.54, 1.807) is 0 Å². The van der Waals surface area contributed by atoms with E-state index in [9.17, 15) is 13.2 Å². The average molecular weight is 360 g/mol. The molecule has 90 valence electrons. The molecule has 0 aromatic heterocycles. The maximum atomic E-state index is 12.4. The van der Waals surface area contributed by atoms with E-state index in [1.165, 1.54) is 12.1 Å². The quantitative estimate of drug-likeness (QED) is 0.683. The zero-order chi connectivity index (χ0) is 12.4. The summed E-state index contributed by atoms with van der Waals surface area (Å²) in [4.78, 5) is 0. The van der Waals surface area contributed by atoms with E-state index >= 15 is 0 Å². The summed E-state index contributed by atoms with van der Waals surface area (Å²) in [6, 6.07) is 5.31. The van der Waals surface area contributed by atoms with E-state index in [0.717, 1.165) is 17.7 Å². The Morgan fingerprint density at radius 2 is 1.31 bits per heavy atom.